The van der Waals surface area contributed by atoms with Crippen LogP contribution in [-0.4, -0.2) is 13.2 Å². The lowest BCUT2D eigenvalue weighted by Gasteiger charge is -2.08. The fraction of sp³-hybridized carbons (Fsp3) is 0.286. The minimum atomic E-state index is 0. The molecule has 0 atom stereocenters. The minimum absolute atomic E-state index is 0. The Hall–Kier alpha value is -1.25. The van der Waals surface area contributed by atoms with Gasteiger partial charge in [0.15, 0.2) is 0 Å². The van der Waals surface area contributed by atoms with Crippen LogP contribution >= 0.6 is 12.4 Å². The first-order chi connectivity index (χ1) is 7.85. The van der Waals surface area contributed by atoms with E-state index in [1.807, 2.05) is 13.0 Å². The zero-order valence-electron chi connectivity index (χ0n) is 9.98. The maximum atomic E-state index is 5.62. The monoisotopic (exact) mass is 251 g/mol. The lowest BCUT2D eigenvalue weighted by molar-refractivity contribution is 0.340. The molecule has 17 heavy (non-hydrogen) atoms. The zero-order valence-corrected chi connectivity index (χ0v) is 10.8. The van der Waals surface area contributed by atoms with Crippen molar-refractivity contribution < 1.29 is 4.74 Å². The molecule has 0 bridgehead atoms. The summed E-state index contributed by atoms with van der Waals surface area (Å²) in [6, 6.07) is 12.5. The van der Waals surface area contributed by atoms with Crippen molar-refractivity contribution in [2.24, 2.45) is 5.73 Å². The van der Waals surface area contributed by atoms with Gasteiger partial charge in [-0.1, -0.05) is 24.3 Å². The van der Waals surface area contributed by atoms with Crippen LogP contribution in [0.5, 0.6) is 5.75 Å². The van der Waals surface area contributed by atoms with Crippen molar-refractivity contribution in [3.8, 4) is 5.75 Å². The summed E-state index contributed by atoms with van der Waals surface area (Å²) in [6.45, 7) is 3.37. The molecule has 0 saturated carbocycles. The summed E-state index contributed by atoms with van der Waals surface area (Å²) in [5, 5.41) is 2.49. The number of hydrogen-bond donors (Lipinski definition) is 1. The normalized spacial score (nSPS) is 10.0. The highest BCUT2D eigenvalue weighted by Gasteiger charge is 2.01. The predicted molar refractivity (Wildman–Crippen MR) is 75.1 cm³/mol. The van der Waals surface area contributed by atoms with Crippen molar-refractivity contribution in [2.45, 2.75) is 13.3 Å². The fourth-order valence-electron chi connectivity index (χ4n) is 1.95. The SMILES string of the molecule is CCOc1ccc2cccc(CCN)c2c1.Cl. The molecule has 2 aromatic carbocycles. The van der Waals surface area contributed by atoms with E-state index in [2.05, 4.69) is 30.3 Å². The molecule has 0 aliphatic carbocycles. The smallest absolute Gasteiger partial charge is 0.119 e. The van der Waals surface area contributed by atoms with Crippen molar-refractivity contribution >= 4 is 23.2 Å². The topological polar surface area (TPSA) is 35.2 Å². The number of rotatable bonds is 4. The lowest BCUT2D eigenvalue weighted by Crippen LogP contribution is -2.03. The van der Waals surface area contributed by atoms with Crippen LogP contribution in [0.2, 0.25) is 0 Å². The van der Waals surface area contributed by atoms with Crippen LogP contribution < -0.4 is 10.5 Å². The average Bonchev–Trinajstić information content (AvgIpc) is 2.31. The van der Waals surface area contributed by atoms with Gasteiger partial charge in [0, 0.05) is 0 Å². The van der Waals surface area contributed by atoms with Gasteiger partial charge in [-0.2, -0.15) is 0 Å². The Kier molecular flexibility index (Phi) is 5.26. The number of halogens is 1. The van der Waals surface area contributed by atoms with Gasteiger partial charge in [-0.05, 0) is 48.4 Å². The van der Waals surface area contributed by atoms with E-state index in [1.54, 1.807) is 0 Å². The van der Waals surface area contributed by atoms with Crippen LogP contribution in [0.25, 0.3) is 10.8 Å². The third-order valence-corrected chi connectivity index (χ3v) is 2.67. The molecule has 0 aliphatic heterocycles. The molecular weight excluding hydrogens is 234 g/mol. The number of fused-ring (bicyclic) bond motifs is 1. The third-order valence-electron chi connectivity index (χ3n) is 2.67. The van der Waals surface area contributed by atoms with E-state index < -0.39 is 0 Å². The Morgan fingerprint density at radius 3 is 2.71 bits per heavy atom. The summed E-state index contributed by atoms with van der Waals surface area (Å²) in [5.74, 6) is 0.930. The van der Waals surface area contributed by atoms with E-state index in [0.717, 1.165) is 12.2 Å². The predicted octanol–water partition coefficient (Wildman–Crippen LogP) is 3.16. The summed E-state index contributed by atoms with van der Waals surface area (Å²) in [5.41, 5.74) is 6.91. The van der Waals surface area contributed by atoms with E-state index in [1.165, 1.54) is 16.3 Å². The summed E-state index contributed by atoms with van der Waals surface area (Å²) >= 11 is 0. The maximum absolute atomic E-state index is 5.62. The summed E-state index contributed by atoms with van der Waals surface area (Å²) in [7, 11) is 0. The number of nitrogens with two attached hydrogens (primary N) is 1. The van der Waals surface area contributed by atoms with Crippen LogP contribution in [0.3, 0.4) is 0 Å². The van der Waals surface area contributed by atoms with Crippen molar-refractivity contribution in [2.75, 3.05) is 13.2 Å². The van der Waals surface area contributed by atoms with Gasteiger partial charge in [0.1, 0.15) is 5.75 Å². The highest BCUT2D eigenvalue weighted by atomic mass is 35.5. The maximum Gasteiger partial charge on any atom is 0.119 e. The van der Waals surface area contributed by atoms with E-state index in [0.29, 0.717) is 13.2 Å². The van der Waals surface area contributed by atoms with Gasteiger partial charge >= 0.3 is 0 Å². The Bertz CT molecular complexity index is 485. The van der Waals surface area contributed by atoms with Crippen molar-refractivity contribution in [3.63, 3.8) is 0 Å². The van der Waals surface area contributed by atoms with Crippen LogP contribution in [0.1, 0.15) is 12.5 Å². The Morgan fingerprint density at radius 1 is 1.18 bits per heavy atom. The molecular formula is C14H18ClNO. The molecule has 0 heterocycles. The molecule has 2 rings (SSSR count). The van der Waals surface area contributed by atoms with Gasteiger partial charge in [-0.3, -0.25) is 0 Å². The summed E-state index contributed by atoms with van der Waals surface area (Å²) < 4.78 is 5.52. The van der Waals surface area contributed by atoms with E-state index in [4.69, 9.17) is 10.5 Å². The van der Waals surface area contributed by atoms with E-state index in [9.17, 15) is 0 Å². The molecule has 0 aliphatic rings. The molecule has 2 aromatic rings. The molecule has 0 amide bonds. The second kappa shape index (κ2) is 6.48. The quantitative estimate of drug-likeness (QED) is 0.906. The Morgan fingerprint density at radius 2 is 2.00 bits per heavy atom. The molecule has 0 saturated heterocycles. The van der Waals surface area contributed by atoms with Gasteiger partial charge < -0.3 is 10.5 Å². The molecule has 0 spiro atoms. The molecule has 2 nitrogen and oxygen atoms in total. The van der Waals surface area contributed by atoms with Gasteiger partial charge in [-0.25, -0.2) is 0 Å². The Labute approximate surface area is 108 Å². The molecule has 0 aromatic heterocycles. The number of benzene rings is 2. The van der Waals surface area contributed by atoms with Crippen molar-refractivity contribution in [1.82, 2.24) is 0 Å². The van der Waals surface area contributed by atoms with E-state index in [-0.39, 0.29) is 12.4 Å². The van der Waals surface area contributed by atoms with Gasteiger partial charge in [-0.15, -0.1) is 12.4 Å². The second-order valence-corrected chi connectivity index (χ2v) is 3.77. The standard InChI is InChI=1S/C14H17NO.ClH/c1-2-16-13-7-6-11-4-3-5-12(8-9-15)14(11)10-13;/h3-7,10H,2,8-9,15H2,1H3;1H. The molecule has 0 radical (unpaired) electrons. The first kappa shape index (κ1) is 13.8. The Balaban J connectivity index is 0.00000144. The molecule has 92 valence electrons. The third kappa shape index (κ3) is 3.11. The molecule has 3 heteroatoms. The zero-order chi connectivity index (χ0) is 11.4. The van der Waals surface area contributed by atoms with Crippen molar-refractivity contribution in [3.05, 3.63) is 42.0 Å². The number of ether oxygens (including phenoxy) is 1. The van der Waals surface area contributed by atoms with E-state index >= 15 is 0 Å². The minimum Gasteiger partial charge on any atom is -0.494 e. The average molecular weight is 252 g/mol. The summed E-state index contributed by atoms with van der Waals surface area (Å²) in [4.78, 5) is 0. The molecule has 0 fully saturated rings. The van der Waals surface area contributed by atoms with Crippen molar-refractivity contribution in [1.29, 1.82) is 0 Å². The van der Waals surface area contributed by atoms with Gasteiger partial charge in [0.25, 0.3) is 0 Å². The van der Waals surface area contributed by atoms with Crippen LogP contribution in [-0.2, 0) is 6.42 Å². The van der Waals surface area contributed by atoms with Gasteiger partial charge in [0.05, 0.1) is 6.61 Å². The highest BCUT2D eigenvalue weighted by Crippen LogP contribution is 2.24. The van der Waals surface area contributed by atoms with Crippen LogP contribution in [0.15, 0.2) is 36.4 Å². The first-order valence-electron chi connectivity index (χ1n) is 5.69. The van der Waals surface area contributed by atoms with Crippen LogP contribution in [0, 0.1) is 0 Å². The lowest BCUT2D eigenvalue weighted by atomic mass is 10.0. The largest absolute Gasteiger partial charge is 0.494 e. The molecule has 2 N–H and O–H groups in total. The fourth-order valence-corrected chi connectivity index (χ4v) is 1.95. The molecule has 0 unspecified atom stereocenters. The van der Waals surface area contributed by atoms with Gasteiger partial charge in [0.2, 0.25) is 0 Å². The number of hydrogen-bond acceptors (Lipinski definition) is 2. The summed E-state index contributed by atoms with van der Waals surface area (Å²) in [6.07, 6.45) is 0.910. The van der Waals surface area contributed by atoms with Crippen LogP contribution in [0.4, 0.5) is 0 Å². The second-order valence-electron chi connectivity index (χ2n) is 3.77. The highest BCUT2D eigenvalue weighted by molar-refractivity contribution is 5.87. The first-order valence-corrected chi connectivity index (χ1v) is 5.69.